The van der Waals surface area contributed by atoms with Crippen LogP contribution in [-0.2, 0) is 16.0 Å². The molecule has 18 heavy (non-hydrogen) atoms. The van der Waals surface area contributed by atoms with E-state index in [0.717, 1.165) is 12.8 Å². The van der Waals surface area contributed by atoms with E-state index in [-0.39, 0.29) is 11.9 Å². The molecule has 1 atom stereocenters. The minimum Gasteiger partial charge on any atom is -0.500 e. The number of hydrogen-bond donors (Lipinski definition) is 0. The fraction of sp³-hybridized carbons (Fsp3) is 0.429. The Bertz CT molecular complexity index is 404. The number of aromatic nitrogens is 1. The smallest absolute Gasteiger partial charge is 0.219 e. The molecule has 1 amide bonds. The molecule has 0 radical (unpaired) electrons. The number of amides is 1. The molecule has 4 heteroatoms. The number of carbonyl (C=O) groups is 1. The molecule has 0 aliphatic carbocycles. The average molecular weight is 248 g/mol. The molecule has 0 N–H and O–H groups in total. The molecular weight excluding hydrogens is 228 g/mol. The van der Waals surface area contributed by atoms with Crippen molar-refractivity contribution in [1.29, 1.82) is 0 Å². The second-order valence-corrected chi connectivity index (χ2v) is 4.21. The lowest BCUT2D eigenvalue weighted by Crippen LogP contribution is -2.37. The second-order valence-electron chi connectivity index (χ2n) is 4.21. The average Bonchev–Trinajstić information content (AvgIpc) is 2.39. The largest absolute Gasteiger partial charge is 0.500 e. The van der Waals surface area contributed by atoms with Crippen LogP contribution in [0.15, 0.2) is 36.9 Å². The Morgan fingerprint density at radius 2 is 2.11 bits per heavy atom. The van der Waals surface area contributed by atoms with Gasteiger partial charge < -0.3 is 9.64 Å². The fourth-order valence-corrected chi connectivity index (χ4v) is 1.78. The van der Waals surface area contributed by atoms with E-state index < -0.39 is 0 Å². The van der Waals surface area contributed by atoms with Gasteiger partial charge in [0.2, 0.25) is 5.91 Å². The van der Waals surface area contributed by atoms with Gasteiger partial charge in [-0.2, -0.15) is 0 Å². The van der Waals surface area contributed by atoms with E-state index >= 15 is 0 Å². The van der Waals surface area contributed by atoms with E-state index in [9.17, 15) is 4.79 Å². The fourth-order valence-electron chi connectivity index (χ4n) is 1.78. The van der Waals surface area contributed by atoms with Gasteiger partial charge in [0, 0.05) is 26.4 Å². The zero-order chi connectivity index (χ0) is 13.5. The molecule has 0 bridgehead atoms. The lowest BCUT2D eigenvalue weighted by atomic mass is 10.0. The van der Waals surface area contributed by atoms with Crippen molar-refractivity contribution in [3.05, 3.63) is 42.4 Å². The third kappa shape index (κ3) is 3.87. The first-order chi connectivity index (χ1) is 8.56. The maximum atomic E-state index is 11.4. The maximum Gasteiger partial charge on any atom is 0.219 e. The first kappa shape index (κ1) is 14.2. The summed E-state index contributed by atoms with van der Waals surface area (Å²) in [7, 11) is 3.35. The van der Waals surface area contributed by atoms with Crippen molar-refractivity contribution in [2.75, 3.05) is 14.2 Å². The molecule has 1 aromatic heterocycles. The highest BCUT2D eigenvalue weighted by Crippen LogP contribution is 2.15. The Morgan fingerprint density at radius 3 is 2.61 bits per heavy atom. The van der Waals surface area contributed by atoms with Crippen LogP contribution in [0.25, 0.3) is 0 Å². The molecule has 0 aliphatic heterocycles. The Kier molecular flexibility index (Phi) is 5.36. The SMILES string of the molecule is C=C(OC)C(CCc1ccncc1)N(C)C(C)=O. The molecule has 1 rings (SSSR count). The normalized spacial score (nSPS) is 11.7. The van der Waals surface area contributed by atoms with Crippen LogP contribution in [-0.4, -0.2) is 36.0 Å². The van der Waals surface area contributed by atoms with Crippen molar-refractivity contribution in [2.45, 2.75) is 25.8 Å². The summed E-state index contributed by atoms with van der Waals surface area (Å²) in [5.74, 6) is 0.620. The summed E-state index contributed by atoms with van der Waals surface area (Å²) in [6.07, 6.45) is 5.17. The Morgan fingerprint density at radius 1 is 1.50 bits per heavy atom. The molecule has 1 unspecified atom stereocenters. The molecule has 98 valence electrons. The topological polar surface area (TPSA) is 42.4 Å². The Hall–Kier alpha value is -1.84. The summed E-state index contributed by atoms with van der Waals surface area (Å²) in [6, 6.07) is 3.85. The number of pyridine rings is 1. The minimum absolute atomic E-state index is 0.00734. The zero-order valence-electron chi connectivity index (χ0n) is 11.2. The van der Waals surface area contributed by atoms with Crippen molar-refractivity contribution in [3.63, 3.8) is 0 Å². The van der Waals surface area contributed by atoms with E-state index in [1.165, 1.54) is 5.56 Å². The van der Waals surface area contributed by atoms with Gasteiger partial charge in [-0.3, -0.25) is 9.78 Å². The van der Waals surface area contributed by atoms with Gasteiger partial charge in [-0.25, -0.2) is 0 Å². The van der Waals surface area contributed by atoms with E-state index in [0.29, 0.717) is 5.76 Å². The lowest BCUT2D eigenvalue weighted by molar-refractivity contribution is -0.129. The van der Waals surface area contributed by atoms with Gasteiger partial charge in [0.1, 0.15) is 5.76 Å². The van der Waals surface area contributed by atoms with Crippen LogP contribution in [0, 0.1) is 0 Å². The standard InChI is InChI=1S/C14H20N2O2/c1-11(18-4)14(16(3)12(2)17)6-5-13-7-9-15-10-8-13/h7-10,14H,1,5-6H2,2-4H3. The first-order valence-corrected chi connectivity index (χ1v) is 5.91. The highest BCUT2D eigenvalue weighted by Gasteiger charge is 2.20. The van der Waals surface area contributed by atoms with Crippen molar-refractivity contribution in [2.24, 2.45) is 0 Å². The predicted molar refractivity (Wildman–Crippen MR) is 70.9 cm³/mol. The maximum absolute atomic E-state index is 11.4. The van der Waals surface area contributed by atoms with E-state index in [1.54, 1.807) is 38.4 Å². The summed E-state index contributed by atoms with van der Waals surface area (Å²) in [6.45, 7) is 5.40. The van der Waals surface area contributed by atoms with E-state index in [1.807, 2.05) is 12.1 Å². The third-order valence-electron chi connectivity index (χ3n) is 3.05. The van der Waals surface area contributed by atoms with Gasteiger partial charge in [-0.1, -0.05) is 6.58 Å². The van der Waals surface area contributed by atoms with Gasteiger partial charge in [0.15, 0.2) is 0 Å². The highest BCUT2D eigenvalue weighted by molar-refractivity contribution is 5.73. The molecule has 0 aliphatic rings. The first-order valence-electron chi connectivity index (χ1n) is 5.91. The molecule has 1 heterocycles. The number of methoxy groups -OCH3 is 1. The van der Waals surface area contributed by atoms with Crippen LogP contribution in [0.2, 0.25) is 0 Å². The molecule has 0 saturated carbocycles. The summed E-state index contributed by atoms with van der Waals surface area (Å²) in [4.78, 5) is 17.1. The van der Waals surface area contributed by atoms with Crippen LogP contribution >= 0.6 is 0 Å². The van der Waals surface area contributed by atoms with Gasteiger partial charge in [-0.05, 0) is 30.5 Å². The van der Waals surface area contributed by atoms with Crippen LogP contribution in [0.3, 0.4) is 0 Å². The van der Waals surface area contributed by atoms with Crippen molar-refractivity contribution < 1.29 is 9.53 Å². The number of aryl methyl sites for hydroxylation is 1. The van der Waals surface area contributed by atoms with Crippen molar-refractivity contribution >= 4 is 5.91 Å². The Labute approximate surface area is 108 Å². The summed E-state index contributed by atoms with van der Waals surface area (Å²) in [5.41, 5.74) is 1.19. The molecule has 0 fully saturated rings. The predicted octanol–water partition coefficient (Wildman–Crippen LogP) is 2.02. The quantitative estimate of drug-likeness (QED) is 0.723. The molecule has 0 saturated heterocycles. The number of likely N-dealkylation sites (N-methyl/N-ethyl adjacent to an activating group) is 1. The summed E-state index contributed by atoms with van der Waals surface area (Å²) in [5, 5.41) is 0. The summed E-state index contributed by atoms with van der Waals surface area (Å²) < 4.78 is 5.17. The molecular formula is C14H20N2O2. The number of ether oxygens (including phenoxy) is 1. The number of rotatable bonds is 6. The van der Waals surface area contributed by atoms with Crippen LogP contribution in [0.1, 0.15) is 18.9 Å². The third-order valence-corrected chi connectivity index (χ3v) is 3.05. The molecule has 4 nitrogen and oxygen atoms in total. The van der Waals surface area contributed by atoms with E-state index in [2.05, 4.69) is 11.6 Å². The van der Waals surface area contributed by atoms with Crippen molar-refractivity contribution in [1.82, 2.24) is 9.88 Å². The zero-order valence-corrected chi connectivity index (χ0v) is 11.2. The lowest BCUT2D eigenvalue weighted by Gasteiger charge is -2.28. The number of carbonyl (C=O) groups excluding carboxylic acids is 1. The van der Waals surface area contributed by atoms with Crippen molar-refractivity contribution in [3.8, 4) is 0 Å². The number of nitrogens with zero attached hydrogens (tertiary/aromatic N) is 2. The van der Waals surface area contributed by atoms with Gasteiger partial charge in [0.25, 0.3) is 0 Å². The van der Waals surface area contributed by atoms with Crippen LogP contribution in [0.5, 0.6) is 0 Å². The molecule has 1 aromatic rings. The van der Waals surface area contributed by atoms with Gasteiger partial charge in [0.05, 0.1) is 13.2 Å². The molecule has 0 aromatic carbocycles. The summed E-state index contributed by atoms with van der Waals surface area (Å²) >= 11 is 0. The monoisotopic (exact) mass is 248 g/mol. The second kappa shape index (κ2) is 6.79. The number of hydrogen-bond acceptors (Lipinski definition) is 3. The highest BCUT2D eigenvalue weighted by atomic mass is 16.5. The minimum atomic E-state index is -0.0966. The van der Waals surface area contributed by atoms with Gasteiger partial charge >= 0.3 is 0 Å². The van der Waals surface area contributed by atoms with Gasteiger partial charge in [-0.15, -0.1) is 0 Å². The van der Waals surface area contributed by atoms with Crippen LogP contribution < -0.4 is 0 Å². The van der Waals surface area contributed by atoms with Crippen LogP contribution in [0.4, 0.5) is 0 Å². The molecule has 0 spiro atoms. The Balaban J connectivity index is 2.68. The van der Waals surface area contributed by atoms with E-state index in [4.69, 9.17) is 4.74 Å².